The van der Waals surface area contributed by atoms with E-state index < -0.39 is 0 Å². The third-order valence-electron chi connectivity index (χ3n) is 3.81. The number of aromatic nitrogens is 4. The Kier molecular flexibility index (Phi) is 3.94. The van der Waals surface area contributed by atoms with Crippen LogP contribution in [0.1, 0.15) is 24.5 Å². The summed E-state index contributed by atoms with van der Waals surface area (Å²) in [5.41, 5.74) is 1.06. The Balaban J connectivity index is 1.78. The van der Waals surface area contributed by atoms with Crippen molar-refractivity contribution in [1.82, 2.24) is 19.9 Å². The molecule has 110 valence electrons. The van der Waals surface area contributed by atoms with E-state index in [1.807, 2.05) is 31.4 Å². The molecule has 0 unspecified atom stereocenters. The molecule has 6 heteroatoms. The molecule has 6 nitrogen and oxygen atoms in total. The second-order valence-corrected chi connectivity index (χ2v) is 5.55. The minimum atomic E-state index is 0.396. The molecule has 0 bridgehead atoms. The predicted molar refractivity (Wildman–Crippen MR) is 82.6 cm³/mol. The molecule has 3 heterocycles. The van der Waals surface area contributed by atoms with Gasteiger partial charge in [-0.1, -0.05) is 0 Å². The maximum atomic E-state index is 4.72. The van der Waals surface area contributed by atoms with Crippen LogP contribution in [0.5, 0.6) is 0 Å². The van der Waals surface area contributed by atoms with Crippen LogP contribution in [-0.4, -0.2) is 47.1 Å². The van der Waals surface area contributed by atoms with Gasteiger partial charge in [0.25, 0.3) is 0 Å². The maximum Gasteiger partial charge on any atom is 0.147 e. The quantitative estimate of drug-likeness (QED) is 0.855. The van der Waals surface area contributed by atoms with Crippen molar-refractivity contribution < 1.29 is 0 Å². The second kappa shape index (κ2) is 6.03. The monoisotopic (exact) mass is 284 g/mol. The number of nitrogens with zero attached hydrogens (tertiary/aromatic N) is 6. The normalized spacial score (nSPS) is 18.6. The molecular weight excluding hydrogens is 264 g/mol. The Morgan fingerprint density at radius 2 is 2.05 bits per heavy atom. The summed E-state index contributed by atoms with van der Waals surface area (Å²) < 4.78 is 0. The fourth-order valence-electron chi connectivity index (χ4n) is 2.66. The topological polar surface area (TPSA) is 58.0 Å². The molecule has 0 spiro atoms. The lowest BCUT2D eigenvalue weighted by Gasteiger charge is -2.33. The van der Waals surface area contributed by atoms with Crippen LogP contribution < -0.4 is 9.80 Å². The van der Waals surface area contributed by atoms with Gasteiger partial charge >= 0.3 is 0 Å². The minimum Gasteiger partial charge on any atom is -0.361 e. The van der Waals surface area contributed by atoms with Crippen LogP contribution in [0.3, 0.4) is 0 Å². The molecule has 1 aliphatic heterocycles. The van der Waals surface area contributed by atoms with Crippen molar-refractivity contribution in [3.05, 3.63) is 36.7 Å². The van der Waals surface area contributed by atoms with Crippen molar-refractivity contribution in [3.63, 3.8) is 0 Å². The fourth-order valence-corrected chi connectivity index (χ4v) is 2.66. The largest absolute Gasteiger partial charge is 0.361 e. The van der Waals surface area contributed by atoms with Gasteiger partial charge in [0.15, 0.2) is 0 Å². The van der Waals surface area contributed by atoms with Crippen LogP contribution in [0.25, 0.3) is 0 Å². The molecule has 2 aromatic rings. The first-order chi connectivity index (χ1) is 10.2. The number of rotatable bonds is 3. The van der Waals surface area contributed by atoms with Crippen LogP contribution in [-0.2, 0) is 0 Å². The van der Waals surface area contributed by atoms with E-state index in [1.165, 1.54) is 0 Å². The Morgan fingerprint density at radius 1 is 1.14 bits per heavy atom. The van der Waals surface area contributed by atoms with Crippen molar-refractivity contribution in [2.75, 3.05) is 37.0 Å². The molecule has 0 N–H and O–H groups in total. The highest BCUT2D eigenvalue weighted by atomic mass is 15.2. The summed E-state index contributed by atoms with van der Waals surface area (Å²) in [5.74, 6) is 2.25. The first-order valence-corrected chi connectivity index (χ1v) is 7.24. The lowest BCUT2D eigenvalue weighted by molar-refractivity contribution is 0.497. The fraction of sp³-hybridized carbons (Fsp3) is 0.467. The molecule has 2 aromatic heterocycles. The molecule has 1 saturated heterocycles. The summed E-state index contributed by atoms with van der Waals surface area (Å²) in [6.45, 7) is 1.94. The first-order valence-electron chi connectivity index (χ1n) is 7.24. The van der Waals surface area contributed by atoms with E-state index in [1.54, 1.807) is 18.6 Å². The second-order valence-electron chi connectivity index (χ2n) is 5.55. The molecule has 0 amide bonds. The van der Waals surface area contributed by atoms with Crippen LogP contribution in [0.4, 0.5) is 11.6 Å². The third-order valence-corrected chi connectivity index (χ3v) is 3.81. The van der Waals surface area contributed by atoms with Crippen LogP contribution in [0.15, 0.2) is 31.0 Å². The van der Waals surface area contributed by atoms with E-state index in [2.05, 4.69) is 19.9 Å². The molecule has 1 fully saturated rings. The summed E-state index contributed by atoms with van der Waals surface area (Å²) in [6.07, 6.45) is 11.2. The van der Waals surface area contributed by atoms with Crippen molar-refractivity contribution in [3.8, 4) is 0 Å². The van der Waals surface area contributed by atoms with Crippen molar-refractivity contribution >= 4 is 11.6 Å². The number of anilines is 2. The van der Waals surface area contributed by atoms with Gasteiger partial charge in [-0.05, 0) is 12.8 Å². The molecule has 0 saturated carbocycles. The van der Waals surface area contributed by atoms with Gasteiger partial charge in [-0.2, -0.15) is 0 Å². The molecule has 0 radical (unpaired) electrons. The zero-order valence-corrected chi connectivity index (χ0v) is 12.5. The summed E-state index contributed by atoms with van der Waals surface area (Å²) >= 11 is 0. The Bertz CT molecular complexity index is 586. The molecule has 1 atom stereocenters. The number of hydrogen-bond acceptors (Lipinski definition) is 6. The molecule has 0 aliphatic carbocycles. The summed E-state index contributed by atoms with van der Waals surface area (Å²) in [4.78, 5) is 21.9. The number of hydrogen-bond donors (Lipinski definition) is 0. The highest BCUT2D eigenvalue weighted by Crippen LogP contribution is 2.28. The van der Waals surface area contributed by atoms with Gasteiger partial charge in [0, 0.05) is 51.7 Å². The van der Waals surface area contributed by atoms with E-state index in [9.17, 15) is 0 Å². The van der Waals surface area contributed by atoms with Gasteiger partial charge in [0.05, 0.1) is 18.1 Å². The molecular formula is C15H20N6. The van der Waals surface area contributed by atoms with Crippen molar-refractivity contribution in [1.29, 1.82) is 0 Å². The highest BCUT2D eigenvalue weighted by molar-refractivity contribution is 5.38. The zero-order chi connectivity index (χ0) is 14.7. The SMILES string of the molecule is CN(C)c1cncc([C@H]2CCCN(c3cnccn3)C2)n1. The van der Waals surface area contributed by atoms with E-state index in [0.717, 1.165) is 43.3 Å². The van der Waals surface area contributed by atoms with Crippen molar-refractivity contribution in [2.24, 2.45) is 0 Å². The minimum absolute atomic E-state index is 0.396. The van der Waals surface area contributed by atoms with Crippen LogP contribution in [0.2, 0.25) is 0 Å². The highest BCUT2D eigenvalue weighted by Gasteiger charge is 2.24. The van der Waals surface area contributed by atoms with Crippen LogP contribution in [0, 0.1) is 0 Å². The molecule has 1 aliphatic rings. The van der Waals surface area contributed by atoms with Gasteiger partial charge in [0.1, 0.15) is 11.6 Å². The first kappa shape index (κ1) is 13.7. The molecule has 21 heavy (non-hydrogen) atoms. The Morgan fingerprint density at radius 3 is 2.81 bits per heavy atom. The van der Waals surface area contributed by atoms with E-state index in [4.69, 9.17) is 4.98 Å². The van der Waals surface area contributed by atoms with Gasteiger partial charge in [-0.15, -0.1) is 0 Å². The average Bonchev–Trinajstić information content (AvgIpc) is 2.56. The Hall–Kier alpha value is -2.24. The summed E-state index contributed by atoms with van der Waals surface area (Å²) in [7, 11) is 3.97. The van der Waals surface area contributed by atoms with Gasteiger partial charge in [0.2, 0.25) is 0 Å². The zero-order valence-electron chi connectivity index (χ0n) is 12.5. The van der Waals surface area contributed by atoms with Gasteiger partial charge in [-0.3, -0.25) is 9.97 Å². The van der Waals surface area contributed by atoms with E-state index in [0.29, 0.717) is 5.92 Å². The lowest BCUT2D eigenvalue weighted by Crippen LogP contribution is -2.35. The summed E-state index contributed by atoms with van der Waals surface area (Å²) in [5, 5.41) is 0. The maximum absolute atomic E-state index is 4.72. The molecule has 0 aromatic carbocycles. The smallest absolute Gasteiger partial charge is 0.147 e. The van der Waals surface area contributed by atoms with Crippen LogP contribution >= 0.6 is 0 Å². The van der Waals surface area contributed by atoms with E-state index in [-0.39, 0.29) is 0 Å². The molecule has 3 rings (SSSR count). The lowest BCUT2D eigenvalue weighted by atomic mass is 9.95. The standard InChI is InChI=1S/C15H20N6/c1-20(2)15-10-17-8-13(19-15)12-4-3-7-21(11-12)14-9-16-5-6-18-14/h5-6,8-10,12H,3-4,7,11H2,1-2H3/t12-/m0/s1. The third kappa shape index (κ3) is 3.09. The van der Waals surface area contributed by atoms with Gasteiger partial charge < -0.3 is 9.80 Å². The Labute approximate surface area is 124 Å². The van der Waals surface area contributed by atoms with E-state index >= 15 is 0 Å². The van der Waals surface area contributed by atoms with Gasteiger partial charge in [-0.25, -0.2) is 9.97 Å². The average molecular weight is 284 g/mol. The summed E-state index contributed by atoms with van der Waals surface area (Å²) in [6, 6.07) is 0. The van der Waals surface area contributed by atoms with Crippen molar-refractivity contribution in [2.45, 2.75) is 18.8 Å². The number of piperidine rings is 1. The predicted octanol–water partition coefficient (Wildman–Crippen LogP) is 1.72.